The summed E-state index contributed by atoms with van der Waals surface area (Å²) in [4.78, 5) is 24.5. The number of hydrogen-bond donors (Lipinski definition) is 2. The van der Waals surface area contributed by atoms with Crippen LogP contribution in [0.2, 0.25) is 0 Å². The van der Waals surface area contributed by atoms with Crippen molar-refractivity contribution >= 4 is 27.8 Å². The normalized spacial score (nSPS) is 21.6. The minimum absolute atomic E-state index is 0.0521. The number of furan rings is 1. The summed E-state index contributed by atoms with van der Waals surface area (Å²) >= 11 is 3.15. The number of hydrogen-bond acceptors (Lipinski definition) is 4. The van der Waals surface area contributed by atoms with Crippen LogP contribution in [0.3, 0.4) is 0 Å². The lowest BCUT2D eigenvalue weighted by molar-refractivity contribution is -0.139. The minimum Gasteiger partial charge on any atom is -0.480 e. The van der Waals surface area contributed by atoms with Crippen LogP contribution in [0.25, 0.3) is 0 Å². The van der Waals surface area contributed by atoms with E-state index >= 15 is 0 Å². The molecule has 1 amide bonds. The van der Waals surface area contributed by atoms with Gasteiger partial charge in [0.05, 0.1) is 12.1 Å². The SMILES string of the molecule is CCN(CC(=O)O)C1CC(NC(=O)c2coc(Br)c2)C1. The third-order valence-corrected chi connectivity index (χ3v) is 3.95. The van der Waals surface area contributed by atoms with Gasteiger partial charge in [-0.2, -0.15) is 0 Å². The van der Waals surface area contributed by atoms with Crippen molar-refractivity contribution < 1.29 is 19.1 Å². The Hall–Kier alpha value is -1.34. The Morgan fingerprint density at radius 2 is 2.25 bits per heavy atom. The number of carbonyl (C=O) groups is 2. The molecule has 0 aromatic carbocycles. The van der Waals surface area contributed by atoms with E-state index in [1.165, 1.54) is 6.26 Å². The molecule has 0 aliphatic heterocycles. The van der Waals surface area contributed by atoms with Gasteiger partial charge in [0.15, 0.2) is 4.67 Å². The molecular formula is C13H17BrN2O4. The third kappa shape index (κ3) is 3.61. The number of carboxylic acids is 1. The molecule has 1 aromatic heterocycles. The number of nitrogens with one attached hydrogen (secondary N) is 1. The van der Waals surface area contributed by atoms with Crippen molar-refractivity contribution in [2.75, 3.05) is 13.1 Å². The molecule has 1 aliphatic rings. The second-order valence-electron chi connectivity index (χ2n) is 4.89. The summed E-state index contributed by atoms with van der Waals surface area (Å²) < 4.78 is 5.54. The molecule has 1 aliphatic carbocycles. The Kier molecular flexibility index (Phi) is 4.82. The van der Waals surface area contributed by atoms with Gasteiger partial charge in [-0.15, -0.1) is 0 Å². The molecule has 0 unspecified atom stereocenters. The molecular weight excluding hydrogens is 328 g/mol. The molecule has 20 heavy (non-hydrogen) atoms. The second-order valence-corrected chi connectivity index (χ2v) is 5.67. The van der Waals surface area contributed by atoms with Crippen LogP contribution in [0.1, 0.15) is 30.1 Å². The van der Waals surface area contributed by atoms with Crippen LogP contribution >= 0.6 is 15.9 Å². The lowest BCUT2D eigenvalue weighted by atomic mass is 9.85. The largest absolute Gasteiger partial charge is 0.480 e. The molecule has 0 saturated heterocycles. The van der Waals surface area contributed by atoms with Crippen LogP contribution in [0.5, 0.6) is 0 Å². The van der Waals surface area contributed by atoms with E-state index in [4.69, 9.17) is 9.52 Å². The number of rotatable bonds is 6. The number of halogens is 1. The molecule has 1 fully saturated rings. The van der Waals surface area contributed by atoms with Gasteiger partial charge in [-0.1, -0.05) is 6.92 Å². The molecule has 2 rings (SSSR count). The number of carboxylic acid groups (broad SMARTS) is 1. The van der Waals surface area contributed by atoms with Crippen molar-refractivity contribution in [1.82, 2.24) is 10.2 Å². The highest BCUT2D eigenvalue weighted by atomic mass is 79.9. The predicted octanol–water partition coefficient (Wildman–Crippen LogP) is 1.71. The van der Waals surface area contributed by atoms with E-state index < -0.39 is 5.97 Å². The van der Waals surface area contributed by atoms with Crippen LogP contribution in [-0.2, 0) is 4.79 Å². The van der Waals surface area contributed by atoms with Gasteiger partial charge in [0, 0.05) is 18.2 Å². The maximum Gasteiger partial charge on any atom is 0.317 e. The summed E-state index contributed by atoms with van der Waals surface area (Å²) in [5.74, 6) is -0.980. The van der Waals surface area contributed by atoms with Gasteiger partial charge in [0.2, 0.25) is 0 Å². The number of amides is 1. The van der Waals surface area contributed by atoms with Crippen molar-refractivity contribution in [2.45, 2.75) is 31.8 Å². The van der Waals surface area contributed by atoms with Crippen LogP contribution in [0.15, 0.2) is 21.4 Å². The first kappa shape index (κ1) is 15.1. The van der Waals surface area contributed by atoms with Crippen LogP contribution in [0.4, 0.5) is 0 Å². The molecule has 7 heteroatoms. The Morgan fingerprint density at radius 1 is 1.55 bits per heavy atom. The first-order valence-corrected chi connectivity index (χ1v) is 7.29. The van der Waals surface area contributed by atoms with Crippen molar-refractivity contribution in [3.05, 3.63) is 22.6 Å². The van der Waals surface area contributed by atoms with Crippen LogP contribution in [0, 0.1) is 0 Å². The Labute approximate surface area is 125 Å². The van der Waals surface area contributed by atoms with E-state index in [0.29, 0.717) is 16.8 Å². The minimum atomic E-state index is -0.817. The zero-order valence-electron chi connectivity index (χ0n) is 11.1. The summed E-state index contributed by atoms with van der Waals surface area (Å²) in [6.07, 6.45) is 2.97. The van der Waals surface area contributed by atoms with Gasteiger partial charge in [0.25, 0.3) is 5.91 Å². The zero-order chi connectivity index (χ0) is 14.7. The highest BCUT2D eigenvalue weighted by Crippen LogP contribution is 2.26. The molecule has 1 heterocycles. The second kappa shape index (κ2) is 6.41. The standard InChI is InChI=1S/C13H17BrN2O4/c1-2-16(6-12(17)18)10-4-9(5-10)15-13(19)8-3-11(14)20-7-8/h3,7,9-10H,2,4-6H2,1H3,(H,15,19)(H,17,18). The smallest absolute Gasteiger partial charge is 0.317 e. The third-order valence-electron chi connectivity index (χ3n) is 3.54. The monoisotopic (exact) mass is 344 g/mol. The quantitative estimate of drug-likeness (QED) is 0.820. The average molecular weight is 345 g/mol. The molecule has 0 radical (unpaired) electrons. The molecule has 2 N–H and O–H groups in total. The number of nitrogens with zero attached hydrogens (tertiary/aromatic N) is 1. The average Bonchev–Trinajstić information content (AvgIpc) is 2.77. The van der Waals surface area contributed by atoms with E-state index in [0.717, 1.165) is 12.8 Å². The van der Waals surface area contributed by atoms with E-state index in [9.17, 15) is 9.59 Å². The molecule has 1 saturated carbocycles. The summed E-state index contributed by atoms with van der Waals surface area (Å²) in [5, 5.41) is 11.7. The molecule has 0 bridgehead atoms. The molecule has 0 spiro atoms. The fourth-order valence-electron chi connectivity index (χ4n) is 2.37. The van der Waals surface area contributed by atoms with Crippen molar-refractivity contribution in [3.63, 3.8) is 0 Å². The molecule has 1 aromatic rings. The van der Waals surface area contributed by atoms with Crippen molar-refractivity contribution in [3.8, 4) is 0 Å². The number of aliphatic carboxylic acids is 1. The summed E-state index contributed by atoms with van der Waals surface area (Å²) in [5.41, 5.74) is 0.484. The van der Waals surface area contributed by atoms with Crippen molar-refractivity contribution in [1.29, 1.82) is 0 Å². The maximum absolute atomic E-state index is 11.9. The molecule has 6 nitrogen and oxygen atoms in total. The summed E-state index contributed by atoms with van der Waals surface area (Å²) in [7, 11) is 0. The predicted molar refractivity (Wildman–Crippen MR) is 75.6 cm³/mol. The topological polar surface area (TPSA) is 82.8 Å². The first-order chi connectivity index (χ1) is 9.49. The molecule has 0 atom stereocenters. The van der Waals surface area contributed by atoms with Gasteiger partial charge < -0.3 is 14.8 Å². The van der Waals surface area contributed by atoms with Crippen molar-refractivity contribution in [2.24, 2.45) is 0 Å². The van der Waals surface area contributed by atoms with E-state index in [1.807, 2.05) is 11.8 Å². The Morgan fingerprint density at radius 3 is 2.75 bits per heavy atom. The van der Waals surface area contributed by atoms with Gasteiger partial charge in [-0.25, -0.2) is 0 Å². The summed E-state index contributed by atoms with van der Waals surface area (Å²) in [6, 6.07) is 1.95. The Balaban J connectivity index is 1.78. The van der Waals surface area contributed by atoms with E-state index in [1.54, 1.807) is 6.07 Å². The zero-order valence-corrected chi connectivity index (χ0v) is 12.7. The van der Waals surface area contributed by atoms with Gasteiger partial charge >= 0.3 is 5.97 Å². The first-order valence-electron chi connectivity index (χ1n) is 6.50. The van der Waals surface area contributed by atoms with Gasteiger partial charge in [-0.3, -0.25) is 14.5 Å². The summed E-state index contributed by atoms with van der Waals surface area (Å²) in [6.45, 7) is 2.70. The highest BCUT2D eigenvalue weighted by Gasteiger charge is 2.34. The highest BCUT2D eigenvalue weighted by molar-refractivity contribution is 9.10. The van der Waals surface area contributed by atoms with Gasteiger partial charge in [-0.05, 0) is 35.3 Å². The number of carbonyl (C=O) groups excluding carboxylic acids is 1. The van der Waals surface area contributed by atoms with Gasteiger partial charge in [0.1, 0.15) is 6.26 Å². The fraction of sp³-hybridized carbons (Fsp3) is 0.538. The van der Waals surface area contributed by atoms with E-state index in [-0.39, 0.29) is 24.5 Å². The Bertz CT molecular complexity index is 496. The van der Waals surface area contributed by atoms with E-state index in [2.05, 4.69) is 21.2 Å². The maximum atomic E-state index is 11.9. The molecule has 110 valence electrons. The van der Waals surface area contributed by atoms with Crippen LogP contribution in [-0.4, -0.2) is 47.1 Å². The lowest BCUT2D eigenvalue weighted by Crippen LogP contribution is -2.54. The van der Waals surface area contributed by atoms with Crippen LogP contribution < -0.4 is 5.32 Å². The number of likely N-dealkylation sites (N-methyl/N-ethyl adjacent to an activating group) is 1. The lowest BCUT2D eigenvalue weighted by Gasteiger charge is -2.42. The fourth-order valence-corrected chi connectivity index (χ4v) is 2.71.